The molecule has 2 N–H and O–H groups in total. The summed E-state index contributed by atoms with van der Waals surface area (Å²) in [5.74, 6) is 5.20. The summed E-state index contributed by atoms with van der Waals surface area (Å²) in [6.45, 7) is 2.35. The van der Waals surface area contributed by atoms with Gasteiger partial charge in [-0.3, -0.25) is 0 Å². The molecule has 0 amide bonds. The van der Waals surface area contributed by atoms with Crippen molar-refractivity contribution in [3.63, 3.8) is 0 Å². The van der Waals surface area contributed by atoms with Crippen LogP contribution in [0.25, 0.3) is 0 Å². The Morgan fingerprint density at radius 1 is 1.42 bits per heavy atom. The van der Waals surface area contributed by atoms with E-state index in [4.69, 9.17) is 5.84 Å². The van der Waals surface area contributed by atoms with Crippen molar-refractivity contribution in [2.45, 2.75) is 13.5 Å². The Bertz CT molecular complexity index is 258. The topological polar surface area (TPSA) is 58.7 Å². The number of hydrogen-bond acceptors (Lipinski definition) is 3. The average Bonchev–Trinajstić information content (AvgIpc) is 2.09. The molecule has 0 atom stereocenters. The maximum Gasteiger partial charge on any atom is 0.0813 e. The third kappa shape index (κ3) is 2.32. The van der Waals surface area contributed by atoms with E-state index in [1.54, 1.807) is 0 Å². The van der Waals surface area contributed by atoms with Gasteiger partial charge in [-0.25, -0.2) is 5.84 Å². The van der Waals surface area contributed by atoms with Crippen LogP contribution in [0, 0.1) is 11.8 Å². The summed E-state index contributed by atoms with van der Waals surface area (Å²) in [4.78, 5) is 9.93. The van der Waals surface area contributed by atoms with Crippen molar-refractivity contribution in [3.05, 3.63) is 40.3 Å². The average molecular weight is 165 g/mol. The highest BCUT2D eigenvalue weighted by Crippen LogP contribution is 2.04. The van der Waals surface area contributed by atoms with Gasteiger partial charge in [-0.2, -0.15) is 5.12 Å². The van der Waals surface area contributed by atoms with Gasteiger partial charge in [-0.05, 0) is 12.5 Å². The highest BCUT2D eigenvalue weighted by Gasteiger charge is 1.96. The number of hydrazine groups is 1. The molecular weight excluding hydrogens is 154 g/mol. The highest BCUT2D eigenvalue weighted by atomic mass is 16.3. The van der Waals surface area contributed by atoms with E-state index >= 15 is 0 Å². The number of nitrogens with zero attached hydrogens (tertiary/aromatic N) is 2. The lowest BCUT2D eigenvalue weighted by molar-refractivity contribution is 0.286. The second-order valence-electron chi connectivity index (χ2n) is 2.66. The first kappa shape index (κ1) is 8.67. The van der Waals surface area contributed by atoms with Crippen molar-refractivity contribution in [2.24, 2.45) is 11.1 Å². The van der Waals surface area contributed by atoms with Gasteiger partial charge < -0.3 is 0 Å². The van der Waals surface area contributed by atoms with E-state index < -0.39 is 0 Å². The van der Waals surface area contributed by atoms with Crippen LogP contribution in [0.1, 0.15) is 11.1 Å². The predicted molar refractivity (Wildman–Crippen MR) is 46.7 cm³/mol. The first-order valence-corrected chi connectivity index (χ1v) is 3.63. The van der Waals surface area contributed by atoms with E-state index in [1.165, 1.54) is 5.56 Å². The van der Waals surface area contributed by atoms with E-state index in [0.29, 0.717) is 6.54 Å². The summed E-state index contributed by atoms with van der Waals surface area (Å²) in [5.41, 5.74) is 2.16. The zero-order chi connectivity index (χ0) is 8.97. The van der Waals surface area contributed by atoms with Gasteiger partial charge in [-0.15, -0.1) is 4.91 Å². The van der Waals surface area contributed by atoms with Gasteiger partial charge in [0.15, 0.2) is 0 Å². The molecule has 0 saturated heterocycles. The Balaban J connectivity index is 2.64. The van der Waals surface area contributed by atoms with Crippen LogP contribution in [0.3, 0.4) is 0 Å². The van der Waals surface area contributed by atoms with Crippen molar-refractivity contribution < 1.29 is 0 Å². The summed E-state index contributed by atoms with van der Waals surface area (Å²) < 4.78 is 0. The minimum atomic E-state index is 0.351. The van der Waals surface area contributed by atoms with Crippen LogP contribution in [0.4, 0.5) is 0 Å². The SMILES string of the molecule is Cc1ccc(CN(N)N=O)cc1. The number of benzene rings is 1. The van der Waals surface area contributed by atoms with Crippen molar-refractivity contribution in [3.8, 4) is 0 Å². The summed E-state index contributed by atoms with van der Waals surface area (Å²) in [5, 5.41) is 3.43. The normalized spacial score (nSPS) is 9.50. The summed E-state index contributed by atoms with van der Waals surface area (Å²) >= 11 is 0. The summed E-state index contributed by atoms with van der Waals surface area (Å²) in [7, 11) is 0. The van der Waals surface area contributed by atoms with Gasteiger partial charge in [-0.1, -0.05) is 29.8 Å². The van der Waals surface area contributed by atoms with E-state index in [0.717, 1.165) is 10.7 Å². The van der Waals surface area contributed by atoms with Gasteiger partial charge in [0.05, 0.1) is 11.8 Å². The molecule has 0 aliphatic heterocycles. The molecule has 4 heteroatoms. The molecule has 0 unspecified atom stereocenters. The molecule has 12 heavy (non-hydrogen) atoms. The predicted octanol–water partition coefficient (Wildman–Crippen LogP) is 1.35. The second-order valence-corrected chi connectivity index (χ2v) is 2.66. The maximum absolute atomic E-state index is 9.93. The molecule has 1 aromatic rings. The molecule has 1 rings (SSSR count). The van der Waals surface area contributed by atoms with Crippen molar-refractivity contribution in [1.29, 1.82) is 0 Å². The first-order chi connectivity index (χ1) is 5.72. The van der Waals surface area contributed by atoms with Crippen LogP contribution in [0.2, 0.25) is 0 Å². The van der Waals surface area contributed by atoms with Gasteiger partial charge >= 0.3 is 0 Å². The van der Waals surface area contributed by atoms with Crippen LogP contribution in [-0.4, -0.2) is 5.12 Å². The Morgan fingerprint density at radius 2 is 2.00 bits per heavy atom. The third-order valence-corrected chi connectivity index (χ3v) is 1.57. The van der Waals surface area contributed by atoms with E-state index in [9.17, 15) is 4.91 Å². The van der Waals surface area contributed by atoms with Crippen LogP contribution < -0.4 is 5.84 Å². The third-order valence-electron chi connectivity index (χ3n) is 1.57. The Hall–Kier alpha value is -1.42. The fourth-order valence-corrected chi connectivity index (χ4v) is 0.909. The highest BCUT2D eigenvalue weighted by molar-refractivity contribution is 5.20. The molecule has 0 saturated carbocycles. The molecule has 0 aliphatic carbocycles. The molecule has 0 radical (unpaired) electrons. The first-order valence-electron chi connectivity index (χ1n) is 3.63. The van der Waals surface area contributed by atoms with Crippen molar-refractivity contribution in [1.82, 2.24) is 5.12 Å². The van der Waals surface area contributed by atoms with E-state index in [2.05, 4.69) is 5.29 Å². The molecule has 4 nitrogen and oxygen atoms in total. The van der Waals surface area contributed by atoms with Crippen LogP contribution >= 0.6 is 0 Å². The smallest absolute Gasteiger partial charge is 0.0813 e. The maximum atomic E-state index is 9.93. The molecule has 1 aromatic carbocycles. The minimum absolute atomic E-state index is 0.351. The van der Waals surface area contributed by atoms with Crippen LogP contribution in [0.15, 0.2) is 29.6 Å². The Kier molecular flexibility index (Phi) is 2.76. The van der Waals surface area contributed by atoms with E-state index in [1.807, 2.05) is 31.2 Å². The molecule has 0 spiro atoms. The standard InChI is InChI=1S/C8H11N3O/c1-7-2-4-8(5-3-7)6-11(9)10-12/h2-5H,6,9H2,1H3. The monoisotopic (exact) mass is 165 g/mol. The lowest BCUT2D eigenvalue weighted by Gasteiger charge is -2.07. The Morgan fingerprint density at radius 3 is 2.50 bits per heavy atom. The summed E-state index contributed by atoms with van der Waals surface area (Å²) in [6.07, 6.45) is 0. The quantitative estimate of drug-likeness (QED) is 0.418. The summed E-state index contributed by atoms with van der Waals surface area (Å²) in [6, 6.07) is 7.77. The van der Waals surface area contributed by atoms with Gasteiger partial charge in [0.1, 0.15) is 0 Å². The fraction of sp³-hybridized carbons (Fsp3) is 0.250. The Labute approximate surface area is 70.9 Å². The van der Waals surface area contributed by atoms with Crippen LogP contribution in [0.5, 0.6) is 0 Å². The van der Waals surface area contributed by atoms with Gasteiger partial charge in [0.2, 0.25) is 0 Å². The zero-order valence-corrected chi connectivity index (χ0v) is 6.90. The van der Waals surface area contributed by atoms with Crippen molar-refractivity contribution >= 4 is 0 Å². The number of rotatable bonds is 3. The molecule has 0 fully saturated rings. The molecule has 0 bridgehead atoms. The minimum Gasteiger partial charge on any atom is -0.228 e. The number of nitrogens with two attached hydrogens (primary N) is 1. The number of aryl methyl sites for hydroxylation is 1. The molecular formula is C8H11N3O. The molecule has 0 aromatic heterocycles. The largest absolute Gasteiger partial charge is 0.228 e. The lowest BCUT2D eigenvalue weighted by Crippen LogP contribution is -2.23. The molecule has 64 valence electrons. The van der Waals surface area contributed by atoms with Gasteiger partial charge in [0.25, 0.3) is 0 Å². The fourth-order valence-electron chi connectivity index (χ4n) is 0.909. The molecule has 0 heterocycles. The van der Waals surface area contributed by atoms with Crippen LogP contribution in [-0.2, 0) is 6.54 Å². The zero-order valence-electron chi connectivity index (χ0n) is 6.90. The van der Waals surface area contributed by atoms with E-state index in [-0.39, 0.29) is 0 Å². The van der Waals surface area contributed by atoms with Crippen molar-refractivity contribution in [2.75, 3.05) is 0 Å². The number of nitroso groups, excluding NO2 is 1. The lowest BCUT2D eigenvalue weighted by atomic mass is 10.1. The van der Waals surface area contributed by atoms with Gasteiger partial charge in [0, 0.05) is 0 Å². The molecule has 0 aliphatic rings. The number of hydrogen-bond donors (Lipinski definition) is 1. The second kappa shape index (κ2) is 3.82.